The summed E-state index contributed by atoms with van der Waals surface area (Å²) in [5, 5.41) is 3.04. The fourth-order valence-corrected chi connectivity index (χ4v) is 4.53. The van der Waals surface area contributed by atoms with E-state index in [1.165, 1.54) is 6.42 Å². The first-order valence-electron chi connectivity index (χ1n) is 10.9. The molecule has 0 spiro atoms. The highest BCUT2D eigenvalue weighted by molar-refractivity contribution is 5.93. The quantitative estimate of drug-likeness (QED) is 0.824. The van der Waals surface area contributed by atoms with Crippen LogP contribution in [0, 0.1) is 25.7 Å². The van der Waals surface area contributed by atoms with Gasteiger partial charge >= 0.3 is 0 Å². The number of piperazine rings is 1. The number of benzene rings is 1. The van der Waals surface area contributed by atoms with Crippen molar-refractivity contribution in [2.24, 2.45) is 11.8 Å². The summed E-state index contributed by atoms with van der Waals surface area (Å²) in [6.45, 7) is 14.5. The summed E-state index contributed by atoms with van der Waals surface area (Å²) in [7, 11) is 0. The molecule has 2 atom stereocenters. The average Bonchev–Trinajstić information content (AvgIpc) is 2.65. The maximum absolute atomic E-state index is 12.7. The zero-order valence-electron chi connectivity index (χ0n) is 18.4. The van der Waals surface area contributed by atoms with Gasteiger partial charge in [-0.15, -0.1) is 0 Å². The Kier molecular flexibility index (Phi) is 7.30. The lowest BCUT2D eigenvalue weighted by molar-refractivity contribution is -0.135. The van der Waals surface area contributed by atoms with Gasteiger partial charge < -0.3 is 10.2 Å². The third kappa shape index (κ3) is 6.28. The first kappa shape index (κ1) is 21.8. The summed E-state index contributed by atoms with van der Waals surface area (Å²) in [6, 6.07) is 6.10. The molecule has 2 aliphatic heterocycles. The van der Waals surface area contributed by atoms with Crippen LogP contribution in [0.2, 0.25) is 0 Å². The first-order chi connectivity index (χ1) is 13.8. The van der Waals surface area contributed by atoms with E-state index in [-0.39, 0.29) is 11.8 Å². The zero-order chi connectivity index (χ0) is 21.0. The van der Waals surface area contributed by atoms with Crippen LogP contribution in [-0.4, -0.2) is 78.9 Å². The van der Waals surface area contributed by atoms with Crippen molar-refractivity contribution in [1.82, 2.24) is 14.7 Å². The number of amides is 2. The fourth-order valence-electron chi connectivity index (χ4n) is 4.53. The maximum Gasteiger partial charge on any atom is 0.238 e. The molecule has 0 radical (unpaired) electrons. The normalized spacial score (nSPS) is 23.8. The van der Waals surface area contributed by atoms with Crippen molar-refractivity contribution in [3.63, 3.8) is 0 Å². The van der Waals surface area contributed by atoms with Gasteiger partial charge in [0.1, 0.15) is 0 Å². The van der Waals surface area contributed by atoms with Gasteiger partial charge in [0.25, 0.3) is 0 Å². The number of rotatable bonds is 5. The molecule has 1 N–H and O–H groups in total. The summed E-state index contributed by atoms with van der Waals surface area (Å²) >= 11 is 0. The Morgan fingerprint density at radius 1 is 0.966 bits per heavy atom. The van der Waals surface area contributed by atoms with E-state index in [4.69, 9.17) is 0 Å². The molecule has 2 amide bonds. The molecule has 0 saturated carbocycles. The third-order valence-corrected chi connectivity index (χ3v) is 6.08. The third-order valence-electron chi connectivity index (χ3n) is 6.08. The van der Waals surface area contributed by atoms with Crippen LogP contribution in [0.15, 0.2) is 18.2 Å². The molecule has 2 fully saturated rings. The summed E-state index contributed by atoms with van der Waals surface area (Å²) in [6.07, 6.45) is 1.21. The van der Waals surface area contributed by atoms with Gasteiger partial charge in [-0.1, -0.05) is 26.0 Å². The lowest BCUT2D eigenvalue weighted by Crippen LogP contribution is -2.52. The molecule has 1 aromatic rings. The van der Waals surface area contributed by atoms with Gasteiger partial charge in [-0.05, 0) is 49.3 Å². The number of nitrogens with one attached hydrogen (secondary N) is 1. The summed E-state index contributed by atoms with van der Waals surface area (Å²) in [5.74, 6) is 1.47. The molecular weight excluding hydrogens is 364 g/mol. The Morgan fingerprint density at radius 3 is 2.17 bits per heavy atom. The minimum Gasteiger partial charge on any atom is -0.341 e. The maximum atomic E-state index is 12.7. The van der Waals surface area contributed by atoms with Crippen LogP contribution in [0.3, 0.4) is 0 Å². The van der Waals surface area contributed by atoms with E-state index < -0.39 is 0 Å². The van der Waals surface area contributed by atoms with Crippen molar-refractivity contribution in [3.05, 3.63) is 29.3 Å². The number of nitrogens with zero attached hydrogens (tertiary/aromatic N) is 3. The zero-order valence-corrected chi connectivity index (χ0v) is 18.4. The van der Waals surface area contributed by atoms with Gasteiger partial charge in [0.2, 0.25) is 11.8 Å². The molecule has 3 rings (SSSR count). The van der Waals surface area contributed by atoms with Crippen molar-refractivity contribution in [3.8, 4) is 0 Å². The first-order valence-corrected chi connectivity index (χ1v) is 10.9. The lowest BCUT2D eigenvalue weighted by atomic mass is 9.92. The highest BCUT2D eigenvalue weighted by Crippen LogP contribution is 2.21. The molecule has 160 valence electrons. The van der Waals surface area contributed by atoms with Crippen LogP contribution in [0.1, 0.15) is 31.4 Å². The molecule has 2 aliphatic rings. The average molecular weight is 401 g/mol. The number of hydrogen-bond acceptors (Lipinski definition) is 4. The van der Waals surface area contributed by atoms with Crippen LogP contribution in [0.25, 0.3) is 0 Å². The number of anilines is 1. The van der Waals surface area contributed by atoms with Crippen molar-refractivity contribution in [1.29, 1.82) is 0 Å². The van der Waals surface area contributed by atoms with Gasteiger partial charge in [0.15, 0.2) is 0 Å². The second-order valence-electron chi connectivity index (χ2n) is 9.16. The second-order valence-corrected chi connectivity index (χ2v) is 9.16. The van der Waals surface area contributed by atoms with E-state index in [1.54, 1.807) is 0 Å². The molecule has 0 aromatic heterocycles. The van der Waals surface area contributed by atoms with E-state index in [9.17, 15) is 9.59 Å². The van der Waals surface area contributed by atoms with E-state index in [0.29, 0.717) is 24.9 Å². The highest BCUT2D eigenvalue weighted by Gasteiger charge is 2.27. The number of piperidine rings is 1. The number of carbonyl (C=O) groups excluding carboxylic acids is 2. The Bertz CT molecular complexity index is 718. The largest absolute Gasteiger partial charge is 0.341 e. The molecule has 0 aliphatic carbocycles. The molecule has 29 heavy (non-hydrogen) atoms. The molecule has 0 bridgehead atoms. The fraction of sp³-hybridized carbons (Fsp3) is 0.652. The van der Waals surface area contributed by atoms with E-state index in [2.05, 4.69) is 35.0 Å². The molecule has 2 heterocycles. The molecule has 2 saturated heterocycles. The van der Waals surface area contributed by atoms with E-state index in [1.807, 2.05) is 30.9 Å². The molecular formula is C23H36N4O2. The second kappa shape index (κ2) is 9.72. The number of carbonyl (C=O) groups is 2. The van der Waals surface area contributed by atoms with Gasteiger partial charge in [-0.25, -0.2) is 0 Å². The van der Waals surface area contributed by atoms with Crippen LogP contribution >= 0.6 is 0 Å². The summed E-state index contributed by atoms with van der Waals surface area (Å²) in [5.41, 5.74) is 3.11. The van der Waals surface area contributed by atoms with Gasteiger partial charge in [-0.2, -0.15) is 0 Å². The minimum absolute atomic E-state index is 0.0273. The Hall–Kier alpha value is -1.92. The predicted octanol–water partition coefficient (Wildman–Crippen LogP) is 2.36. The lowest BCUT2D eigenvalue weighted by Gasteiger charge is -2.38. The summed E-state index contributed by atoms with van der Waals surface area (Å²) < 4.78 is 0. The van der Waals surface area contributed by atoms with Crippen LogP contribution in [-0.2, 0) is 9.59 Å². The Labute approximate surface area is 175 Å². The molecule has 6 nitrogen and oxygen atoms in total. The van der Waals surface area contributed by atoms with Crippen molar-refractivity contribution >= 4 is 17.5 Å². The molecule has 6 heteroatoms. The Morgan fingerprint density at radius 2 is 1.55 bits per heavy atom. The SMILES string of the molecule is Cc1ccc(C)c(NC(=O)CN2CCN(CC(=O)N3CC(C)CC(C)C3)CC2)c1. The van der Waals surface area contributed by atoms with Crippen molar-refractivity contribution < 1.29 is 9.59 Å². The molecule has 1 aromatic carbocycles. The van der Waals surface area contributed by atoms with Gasteiger partial charge in [-0.3, -0.25) is 19.4 Å². The Balaban J connectivity index is 1.41. The van der Waals surface area contributed by atoms with Gasteiger partial charge in [0, 0.05) is 45.0 Å². The molecule has 2 unspecified atom stereocenters. The monoisotopic (exact) mass is 400 g/mol. The van der Waals surface area contributed by atoms with Crippen molar-refractivity contribution in [2.75, 3.05) is 57.7 Å². The number of likely N-dealkylation sites (tertiary alicyclic amines) is 1. The predicted molar refractivity (Wildman–Crippen MR) is 117 cm³/mol. The number of aryl methyl sites for hydroxylation is 2. The number of hydrogen-bond donors (Lipinski definition) is 1. The van der Waals surface area contributed by atoms with Crippen LogP contribution in [0.5, 0.6) is 0 Å². The standard InChI is InChI=1S/C23H36N4O2/c1-17-5-6-20(4)21(12-17)24-22(28)15-25-7-9-26(10-8-25)16-23(29)27-13-18(2)11-19(3)14-27/h5-6,12,18-19H,7-11,13-16H2,1-4H3,(H,24,28). The topological polar surface area (TPSA) is 55.9 Å². The highest BCUT2D eigenvalue weighted by atomic mass is 16.2. The van der Waals surface area contributed by atoms with Gasteiger partial charge in [0.05, 0.1) is 13.1 Å². The smallest absolute Gasteiger partial charge is 0.238 e. The van der Waals surface area contributed by atoms with E-state index in [0.717, 1.165) is 56.1 Å². The summed E-state index contributed by atoms with van der Waals surface area (Å²) in [4.78, 5) is 31.6. The van der Waals surface area contributed by atoms with Crippen molar-refractivity contribution in [2.45, 2.75) is 34.1 Å². The van der Waals surface area contributed by atoms with Crippen LogP contribution in [0.4, 0.5) is 5.69 Å². The van der Waals surface area contributed by atoms with E-state index >= 15 is 0 Å². The minimum atomic E-state index is 0.0273. The van der Waals surface area contributed by atoms with Crippen LogP contribution < -0.4 is 5.32 Å².